The smallest absolute Gasteiger partial charge is 0.255 e. The van der Waals surface area contributed by atoms with Gasteiger partial charge in [-0.25, -0.2) is 0 Å². The molecule has 5 nitrogen and oxygen atoms in total. The van der Waals surface area contributed by atoms with Crippen molar-refractivity contribution in [3.05, 3.63) is 112 Å². The van der Waals surface area contributed by atoms with Gasteiger partial charge < -0.3 is 10.6 Å². The highest BCUT2D eigenvalue weighted by molar-refractivity contribution is 8.00. The lowest BCUT2D eigenvalue weighted by Gasteiger charge is -2.22. The van der Waals surface area contributed by atoms with E-state index in [-0.39, 0.29) is 11.8 Å². The van der Waals surface area contributed by atoms with Gasteiger partial charge in [0.1, 0.15) is 11.1 Å². The number of hydrogen-bond donors (Lipinski definition) is 2. The first-order chi connectivity index (χ1) is 18.9. The summed E-state index contributed by atoms with van der Waals surface area (Å²) in [5, 5.41) is 16.1. The average molecular weight is 552 g/mol. The third kappa shape index (κ3) is 6.25. The van der Waals surface area contributed by atoms with Crippen LogP contribution in [0.5, 0.6) is 0 Å². The molecule has 4 aromatic rings. The standard InChI is InChI=1S/C32H29N3O2S2/c1-20-8-6-11-24(16-20)31(37)34-25-12-7-13-26(18-25)38-21(2)30(36)35-32-28(19-33)27-15-14-23(17-29(27)39-32)22-9-4-3-5-10-22/h3-13,16,18,21,23H,14-15,17H2,1-2H3,(H,34,37)(H,35,36). The Hall–Kier alpha value is -3.86. The fraction of sp³-hybridized carbons (Fsp3) is 0.219. The fourth-order valence-electron chi connectivity index (χ4n) is 4.91. The van der Waals surface area contributed by atoms with Crippen LogP contribution in [-0.2, 0) is 17.6 Å². The number of nitrogens with zero attached hydrogens (tertiary/aromatic N) is 1. The normalized spacial score (nSPS) is 15.1. The minimum absolute atomic E-state index is 0.149. The van der Waals surface area contributed by atoms with Crippen LogP contribution in [0.15, 0.2) is 83.8 Å². The Kier molecular flexibility index (Phi) is 8.16. The van der Waals surface area contributed by atoms with Crippen LogP contribution >= 0.6 is 23.1 Å². The van der Waals surface area contributed by atoms with Crippen LogP contribution < -0.4 is 10.6 Å². The summed E-state index contributed by atoms with van der Waals surface area (Å²) in [5.41, 5.74) is 5.31. The van der Waals surface area contributed by atoms with Gasteiger partial charge in [0, 0.05) is 21.0 Å². The molecule has 0 aliphatic heterocycles. The number of aryl methyl sites for hydroxylation is 1. The number of fused-ring (bicyclic) bond motifs is 1. The van der Waals surface area contributed by atoms with E-state index in [1.165, 1.54) is 33.5 Å². The van der Waals surface area contributed by atoms with Gasteiger partial charge in [0.25, 0.3) is 5.91 Å². The zero-order valence-electron chi connectivity index (χ0n) is 21.9. The molecule has 0 saturated carbocycles. The molecule has 1 heterocycles. The van der Waals surface area contributed by atoms with Gasteiger partial charge in [0.05, 0.1) is 10.8 Å². The maximum atomic E-state index is 13.2. The fourth-order valence-corrected chi connectivity index (χ4v) is 7.12. The number of benzene rings is 3. The van der Waals surface area contributed by atoms with Crippen LogP contribution in [0.4, 0.5) is 10.7 Å². The molecule has 196 valence electrons. The maximum absolute atomic E-state index is 13.2. The summed E-state index contributed by atoms with van der Waals surface area (Å²) in [4.78, 5) is 27.9. The Morgan fingerprint density at radius 2 is 1.82 bits per heavy atom. The Balaban J connectivity index is 1.24. The minimum Gasteiger partial charge on any atom is -0.322 e. The number of carbonyl (C=O) groups excluding carboxylic acids is 2. The molecule has 5 rings (SSSR count). The van der Waals surface area contributed by atoms with Crippen molar-refractivity contribution >= 4 is 45.6 Å². The molecule has 2 amide bonds. The molecule has 0 bridgehead atoms. The molecule has 0 spiro atoms. The summed E-state index contributed by atoms with van der Waals surface area (Å²) in [6.45, 7) is 3.80. The first-order valence-corrected chi connectivity index (χ1v) is 14.7. The van der Waals surface area contributed by atoms with E-state index in [1.54, 1.807) is 6.07 Å². The van der Waals surface area contributed by atoms with Crippen LogP contribution in [0.25, 0.3) is 0 Å². The second-order valence-electron chi connectivity index (χ2n) is 9.77. The lowest BCUT2D eigenvalue weighted by molar-refractivity contribution is -0.115. The molecule has 1 aliphatic carbocycles. The Morgan fingerprint density at radius 1 is 1.03 bits per heavy atom. The molecular formula is C32H29N3O2S2. The molecule has 1 aliphatic rings. The number of thioether (sulfide) groups is 1. The molecule has 0 radical (unpaired) electrons. The summed E-state index contributed by atoms with van der Waals surface area (Å²) in [6, 6.07) is 27.8. The number of hydrogen-bond acceptors (Lipinski definition) is 5. The monoisotopic (exact) mass is 551 g/mol. The van der Waals surface area contributed by atoms with E-state index in [1.807, 2.05) is 62.4 Å². The second-order valence-corrected chi connectivity index (χ2v) is 12.3. The predicted octanol–water partition coefficient (Wildman–Crippen LogP) is 7.57. The van der Waals surface area contributed by atoms with Crippen LogP contribution in [0, 0.1) is 18.3 Å². The van der Waals surface area contributed by atoms with E-state index in [9.17, 15) is 14.9 Å². The van der Waals surface area contributed by atoms with Crippen molar-refractivity contribution in [2.45, 2.75) is 49.2 Å². The molecule has 7 heteroatoms. The van der Waals surface area contributed by atoms with E-state index in [0.717, 1.165) is 35.3 Å². The van der Waals surface area contributed by atoms with Gasteiger partial charge in [-0.1, -0.05) is 54.1 Å². The molecule has 0 saturated heterocycles. The van der Waals surface area contributed by atoms with Crippen molar-refractivity contribution in [3.63, 3.8) is 0 Å². The quantitative estimate of drug-likeness (QED) is 0.232. The van der Waals surface area contributed by atoms with Crippen molar-refractivity contribution in [3.8, 4) is 6.07 Å². The minimum atomic E-state index is -0.393. The van der Waals surface area contributed by atoms with Gasteiger partial charge in [-0.05, 0) is 80.5 Å². The molecule has 2 atom stereocenters. The molecule has 3 aromatic carbocycles. The van der Waals surface area contributed by atoms with E-state index < -0.39 is 5.25 Å². The third-order valence-electron chi connectivity index (χ3n) is 6.94. The third-order valence-corrected chi connectivity index (χ3v) is 9.20. The molecule has 0 fully saturated rings. The number of amides is 2. The van der Waals surface area contributed by atoms with Gasteiger partial charge in [0.2, 0.25) is 5.91 Å². The zero-order valence-corrected chi connectivity index (χ0v) is 23.5. The van der Waals surface area contributed by atoms with E-state index in [4.69, 9.17) is 0 Å². The summed E-state index contributed by atoms with van der Waals surface area (Å²) >= 11 is 2.95. The van der Waals surface area contributed by atoms with Crippen molar-refractivity contribution in [2.75, 3.05) is 10.6 Å². The predicted molar refractivity (Wildman–Crippen MR) is 160 cm³/mol. The Labute approximate surface area is 237 Å². The first kappa shape index (κ1) is 26.7. The van der Waals surface area contributed by atoms with Gasteiger partial charge in [-0.15, -0.1) is 23.1 Å². The summed E-state index contributed by atoms with van der Waals surface area (Å²) in [5.74, 6) is 0.108. The van der Waals surface area contributed by atoms with Crippen molar-refractivity contribution in [1.29, 1.82) is 5.26 Å². The van der Waals surface area contributed by atoms with Gasteiger partial charge in [0.15, 0.2) is 0 Å². The van der Waals surface area contributed by atoms with E-state index >= 15 is 0 Å². The van der Waals surface area contributed by atoms with Crippen molar-refractivity contribution in [2.24, 2.45) is 0 Å². The highest BCUT2D eigenvalue weighted by Gasteiger charge is 2.28. The van der Waals surface area contributed by atoms with E-state index in [2.05, 4.69) is 41.0 Å². The van der Waals surface area contributed by atoms with Crippen molar-refractivity contribution < 1.29 is 9.59 Å². The Morgan fingerprint density at radius 3 is 2.59 bits per heavy atom. The number of nitriles is 1. The lowest BCUT2D eigenvalue weighted by Crippen LogP contribution is -2.22. The summed E-state index contributed by atoms with van der Waals surface area (Å²) < 4.78 is 0. The number of anilines is 2. The van der Waals surface area contributed by atoms with Gasteiger partial charge in [-0.3, -0.25) is 9.59 Å². The summed E-state index contributed by atoms with van der Waals surface area (Å²) in [6.07, 6.45) is 2.73. The van der Waals surface area contributed by atoms with Gasteiger partial charge >= 0.3 is 0 Å². The van der Waals surface area contributed by atoms with Crippen molar-refractivity contribution in [1.82, 2.24) is 0 Å². The lowest BCUT2D eigenvalue weighted by atomic mass is 9.83. The largest absolute Gasteiger partial charge is 0.322 e. The highest BCUT2D eigenvalue weighted by Crippen LogP contribution is 2.42. The zero-order chi connectivity index (χ0) is 27.4. The van der Waals surface area contributed by atoms with E-state index in [0.29, 0.717) is 27.7 Å². The number of rotatable bonds is 7. The SMILES string of the molecule is Cc1cccc(C(=O)Nc2cccc(SC(C)C(=O)Nc3sc4c(c3C#N)CCC(c3ccccc3)C4)c2)c1. The molecule has 2 unspecified atom stereocenters. The summed E-state index contributed by atoms with van der Waals surface area (Å²) in [7, 11) is 0. The molecular weight excluding hydrogens is 523 g/mol. The molecule has 1 aromatic heterocycles. The Bertz CT molecular complexity index is 1560. The second kappa shape index (κ2) is 11.9. The average Bonchev–Trinajstić information content (AvgIpc) is 3.29. The van der Waals surface area contributed by atoms with Crippen LogP contribution in [0.3, 0.4) is 0 Å². The maximum Gasteiger partial charge on any atom is 0.255 e. The van der Waals surface area contributed by atoms with Crippen LogP contribution in [-0.4, -0.2) is 17.1 Å². The topological polar surface area (TPSA) is 82.0 Å². The number of carbonyl (C=O) groups is 2. The number of nitrogens with one attached hydrogen (secondary N) is 2. The van der Waals surface area contributed by atoms with Crippen LogP contribution in [0.2, 0.25) is 0 Å². The molecule has 2 N–H and O–H groups in total. The number of thiophene rings is 1. The molecule has 39 heavy (non-hydrogen) atoms. The van der Waals surface area contributed by atoms with Crippen LogP contribution in [0.1, 0.15) is 56.8 Å². The first-order valence-electron chi connectivity index (χ1n) is 13.0. The highest BCUT2D eigenvalue weighted by atomic mass is 32.2. The van der Waals surface area contributed by atoms with Gasteiger partial charge in [-0.2, -0.15) is 5.26 Å².